The van der Waals surface area contributed by atoms with Crippen LogP contribution < -0.4 is 5.56 Å². The molecule has 0 radical (unpaired) electrons. The minimum Gasteiger partial charge on any atom is -0.265 e. The van der Waals surface area contributed by atoms with Crippen LogP contribution in [-0.2, 0) is 0 Å². The average Bonchev–Trinajstić information content (AvgIpc) is 2.28. The summed E-state index contributed by atoms with van der Waals surface area (Å²) in [6.07, 6.45) is 2.60. The van der Waals surface area contributed by atoms with Crippen molar-refractivity contribution < 1.29 is 0 Å². The second kappa shape index (κ2) is 5.03. The van der Waals surface area contributed by atoms with Crippen LogP contribution in [-0.4, -0.2) is 21.1 Å². The molecule has 0 aliphatic rings. The Bertz CT molecular complexity index is 648. The van der Waals surface area contributed by atoms with E-state index in [4.69, 9.17) is 23.8 Å². The van der Waals surface area contributed by atoms with Crippen LogP contribution in [0.4, 0.5) is 0 Å². The average molecular weight is 267 g/mol. The number of hydrogen-bond donors (Lipinski definition) is 1. The van der Waals surface area contributed by atoms with Crippen LogP contribution in [0, 0.1) is 4.77 Å². The van der Waals surface area contributed by atoms with Crippen LogP contribution in [0.3, 0.4) is 0 Å². The predicted octanol–water partition coefficient (Wildman–Crippen LogP) is 1.84. The molecule has 0 aliphatic heterocycles. The summed E-state index contributed by atoms with van der Waals surface area (Å²) in [6, 6.07) is 7.09. The zero-order valence-corrected chi connectivity index (χ0v) is 10.1. The van der Waals surface area contributed by atoms with E-state index >= 15 is 0 Å². The van der Waals surface area contributed by atoms with E-state index in [9.17, 15) is 4.79 Å². The number of rotatable bonds is 2. The van der Waals surface area contributed by atoms with Crippen molar-refractivity contribution in [3.63, 3.8) is 0 Å². The molecule has 2 aromatic rings. The third kappa shape index (κ3) is 2.86. The van der Waals surface area contributed by atoms with E-state index < -0.39 is 5.56 Å². The molecule has 0 bridgehead atoms. The highest BCUT2D eigenvalue weighted by Crippen LogP contribution is 2.08. The van der Waals surface area contributed by atoms with Crippen molar-refractivity contribution in [1.82, 2.24) is 14.9 Å². The number of aromatic nitrogens is 3. The normalized spacial score (nSPS) is 10.9. The van der Waals surface area contributed by atoms with Crippen molar-refractivity contribution in [2.24, 2.45) is 5.10 Å². The van der Waals surface area contributed by atoms with Crippen LogP contribution >= 0.6 is 23.8 Å². The summed E-state index contributed by atoms with van der Waals surface area (Å²) in [4.78, 5) is 11.4. The van der Waals surface area contributed by atoms with Gasteiger partial charge in [0, 0.05) is 5.02 Å². The predicted molar refractivity (Wildman–Crippen MR) is 68.1 cm³/mol. The number of aromatic amines is 1. The first-order valence-electron chi connectivity index (χ1n) is 4.63. The minimum atomic E-state index is -0.396. The first-order valence-corrected chi connectivity index (χ1v) is 5.42. The Morgan fingerprint density at radius 1 is 1.53 bits per heavy atom. The lowest BCUT2D eigenvalue weighted by molar-refractivity contribution is 0.738. The molecule has 0 fully saturated rings. The summed E-state index contributed by atoms with van der Waals surface area (Å²) in [7, 11) is 0. The Morgan fingerprint density at radius 2 is 2.35 bits per heavy atom. The molecule has 1 aromatic carbocycles. The number of nitrogens with one attached hydrogen (secondary N) is 1. The first kappa shape index (κ1) is 11.7. The number of nitrogens with zero attached hydrogens (tertiary/aromatic N) is 3. The fourth-order valence-electron chi connectivity index (χ4n) is 1.17. The van der Waals surface area contributed by atoms with E-state index in [0.29, 0.717) is 5.02 Å². The van der Waals surface area contributed by atoms with Gasteiger partial charge in [0.15, 0.2) is 0 Å². The standard InChI is InChI=1S/C10H7ClN4OS/c11-8-3-1-2-7(4-8)5-13-15-9(16)6-12-14-10(15)17/h1-6H,(H,14,17)/b13-5-. The van der Waals surface area contributed by atoms with Gasteiger partial charge in [-0.3, -0.25) is 9.89 Å². The summed E-state index contributed by atoms with van der Waals surface area (Å²) in [6.45, 7) is 0. The Morgan fingerprint density at radius 3 is 3.06 bits per heavy atom. The van der Waals surface area contributed by atoms with Crippen LogP contribution in [0.2, 0.25) is 5.02 Å². The van der Waals surface area contributed by atoms with Gasteiger partial charge in [-0.05, 0) is 29.9 Å². The summed E-state index contributed by atoms with van der Waals surface area (Å²) in [5.41, 5.74) is 0.377. The molecule has 2 rings (SSSR count). The highest BCUT2D eigenvalue weighted by atomic mass is 35.5. The largest absolute Gasteiger partial charge is 0.293 e. The zero-order valence-electron chi connectivity index (χ0n) is 8.50. The molecular weight excluding hydrogens is 260 g/mol. The first-order chi connectivity index (χ1) is 8.16. The van der Waals surface area contributed by atoms with Gasteiger partial charge < -0.3 is 0 Å². The summed E-state index contributed by atoms with van der Waals surface area (Å²) in [5.74, 6) is 0. The molecule has 5 nitrogen and oxygen atoms in total. The molecule has 0 aliphatic carbocycles. The van der Waals surface area contributed by atoms with Gasteiger partial charge in [0.2, 0.25) is 4.77 Å². The van der Waals surface area contributed by atoms with E-state index in [-0.39, 0.29) is 4.77 Å². The van der Waals surface area contributed by atoms with Crippen molar-refractivity contribution in [2.45, 2.75) is 0 Å². The van der Waals surface area contributed by atoms with E-state index in [1.54, 1.807) is 18.2 Å². The molecule has 1 heterocycles. The zero-order chi connectivity index (χ0) is 12.3. The van der Waals surface area contributed by atoms with Gasteiger partial charge in [-0.25, -0.2) is 0 Å². The lowest BCUT2D eigenvalue weighted by Gasteiger charge is -1.96. The second-order valence-electron chi connectivity index (χ2n) is 3.12. The molecule has 86 valence electrons. The smallest absolute Gasteiger partial charge is 0.265 e. The highest BCUT2D eigenvalue weighted by Gasteiger charge is 1.95. The van der Waals surface area contributed by atoms with Gasteiger partial charge in [0.1, 0.15) is 6.20 Å². The van der Waals surface area contributed by atoms with Crippen LogP contribution in [0.15, 0.2) is 40.4 Å². The monoisotopic (exact) mass is 266 g/mol. The number of H-pyrrole nitrogens is 1. The molecular formula is C10H7ClN4OS. The third-order valence-electron chi connectivity index (χ3n) is 1.91. The quantitative estimate of drug-likeness (QED) is 0.666. The van der Waals surface area contributed by atoms with Gasteiger partial charge in [0.25, 0.3) is 5.56 Å². The van der Waals surface area contributed by atoms with Crippen LogP contribution in [0.5, 0.6) is 0 Å². The molecule has 0 unspecified atom stereocenters. The molecule has 1 aromatic heterocycles. The fourth-order valence-corrected chi connectivity index (χ4v) is 1.55. The Labute approximate surface area is 106 Å². The van der Waals surface area contributed by atoms with Gasteiger partial charge >= 0.3 is 0 Å². The lowest BCUT2D eigenvalue weighted by atomic mass is 10.2. The summed E-state index contributed by atoms with van der Waals surface area (Å²) < 4.78 is 1.18. The molecule has 17 heavy (non-hydrogen) atoms. The SMILES string of the molecule is O=c1cn[nH]c(=S)n1/N=C\c1cccc(Cl)c1. The van der Waals surface area contributed by atoms with E-state index in [1.807, 2.05) is 6.07 Å². The minimum absolute atomic E-state index is 0.135. The van der Waals surface area contributed by atoms with Crippen molar-refractivity contribution in [1.29, 1.82) is 0 Å². The molecule has 0 amide bonds. The van der Waals surface area contributed by atoms with Crippen LogP contribution in [0.1, 0.15) is 5.56 Å². The number of hydrogen-bond acceptors (Lipinski definition) is 4. The molecule has 0 saturated heterocycles. The molecule has 0 atom stereocenters. The fraction of sp³-hybridized carbons (Fsp3) is 0. The second-order valence-corrected chi connectivity index (χ2v) is 3.95. The maximum absolute atomic E-state index is 11.4. The molecule has 0 saturated carbocycles. The summed E-state index contributed by atoms with van der Waals surface area (Å²) in [5, 5.41) is 10.6. The maximum atomic E-state index is 11.4. The van der Waals surface area contributed by atoms with Crippen LogP contribution in [0.25, 0.3) is 0 Å². The lowest BCUT2D eigenvalue weighted by Crippen LogP contribution is -2.18. The maximum Gasteiger partial charge on any atom is 0.293 e. The van der Waals surface area contributed by atoms with Gasteiger partial charge in [0.05, 0.1) is 6.21 Å². The highest BCUT2D eigenvalue weighted by molar-refractivity contribution is 7.71. The van der Waals surface area contributed by atoms with Crippen molar-refractivity contribution in [2.75, 3.05) is 0 Å². The molecule has 0 spiro atoms. The summed E-state index contributed by atoms with van der Waals surface area (Å²) >= 11 is 10.7. The van der Waals surface area contributed by atoms with Gasteiger partial charge in [-0.15, -0.1) is 0 Å². The van der Waals surface area contributed by atoms with Gasteiger partial charge in [-0.2, -0.15) is 14.9 Å². The van der Waals surface area contributed by atoms with Gasteiger partial charge in [-0.1, -0.05) is 23.7 Å². The van der Waals surface area contributed by atoms with Crippen molar-refractivity contribution in [3.05, 3.63) is 56.2 Å². The number of halogens is 1. The van der Waals surface area contributed by atoms with E-state index in [0.717, 1.165) is 16.4 Å². The van der Waals surface area contributed by atoms with E-state index in [1.165, 1.54) is 6.21 Å². The Balaban J connectivity index is 2.39. The molecule has 7 heteroatoms. The Kier molecular flexibility index (Phi) is 3.46. The van der Waals surface area contributed by atoms with Crippen molar-refractivity contribution >= 4 is 30.0 Å². The topological polar surface area (TPSA) is 63.0 Å². The molecule has 1 N–H and O–H groups in total. The van der Waals surface area contributed by atoms with Crippen molar-refractivity contribution in [3.8, 4) is 0 Å². The third-order valence-corrected chi connectivity index (χ3v) is 2.41. The van der Waals surface area contributed by atoms with E-state index in [2.05, 4.69) is 15.3 Å². The Hall–Kier alpha value is -1.79. The number of benzene rings is 1.